The van der Waals surface area contributed by atoms with Gasteiger partial charge in [-0.2, -0.15) is 5.10 Å². The van der Waals surface area contributed by atoms with E-state index in [4.69, 9.17) is 0 Å². The molecule has 0 bridgehead atoms. The number of aryl methyl sites for hydroxylation is 1. The molecule has 28 heavy (non-hydrogen) atoms. The third-order valence-corrected chi connectivity index (χ3v) is 4.43. The maximum absolute atomic E-state index is 12.8. The molecule has 2 aromatic carbocycles. The first-order valence-electron chi connectivity index (χ1n) is 9.21. The standard InChI is InChI=1S/C22H24N4O2/c1-15(2)21(27)24-17-10-7-11-18(13-17)25-22(28)19-14-23-26(3)20(19)12-16-8-5-4-6-9-16/h4-11,13-15H,12H2,1-3H3,(H,24,27)(H,25,28). The summed E-state index contributed by atoms with van der Waals surface area (Å²) in [5, 5.41) is 9.98. The average Bonchev–Trinajstić information content (AvgIpc) is 3.03. The predicted octanol–water partition coefficient (Wildman–Crippen LogP) is 3.86. The second kappa shape index (κ2) is 8.52. The van der Waals surface area contributed by atoms with Gasteiger partial charge in [0.25, 0.3) is 5.91 Å². The van der Waals surface area contributed by atoms with E-state index in [-0.39, 0.29) is 17.7 Å². The Balaban J connectivity index is 1.76. The van der Waals surface area contributed by atoms with Gasteiger partial charge in [0.15, 0.2) is 0 Å². The average molecular weight is 376 g/mol. The summed E-state index contributed by atoms with van der Waals surface area (Å²) in [7, 11) is 1.83. The van der Waals surface area contributed by atoms with E-state index in [1.807, 2.05) is 51.2 Å². The first-order valence-corrected chi connectivity index (χ1v) is 9.21. The molecule has 1 aromatic heterocycles. The molecule has 0 aliphatic rings. The molecule has 6 heteroatoms. The van der Waals surface area contributed by atoms with Gasteiger partial charge < -0.3 is 10.6 Å². The number of amides is 2. The number of benzene rings is 2. The Hall–Kier alpha value is -3.41. The first-order chi connectivity index (χ1) is 13.4. The fourth-order valence-electron chi connectivity index (χ4n) is 2.81. The summed E-state index contributed by atoms with van der Waals surface area (Å²) in [5.41, 5.74) is 3.74. The van der Waals surface area contributed by atoms with Gasteiger partial charge in [0.05, 0.1) is 17.5 Å². The van der Waals surface area contributed by atoms with Gasteiger partial charge in [-0.15, -0.1) is 0 Å². The molecule has 0 saturated carbocycles. The molecule has 3 aromatic rings. The van der Waals surface area contributed by atoms with Crippen LogP contribution in [0.3, 0.4) is 0 Å². The molecule has 0 fully saturated rings. The van der Waals surface area contributed by atoms with Crippen molar-refractivity contribution in [2.75, 3.05) is 10.6 Å². The Labute approximate surface area is 164 Å². The summed E-state index contributed by atoms with van der Waals surface area (Å²) in [5.74, 6) is -0.415. The van der Waals surface area contributed by atoms with Crippen LogP contribution in [0.4, 0.5) is 11.4 Å². The van der Waals surface area contributed by atoms with Crippen molar-refractivity contribution in [1.29, 1.82) is 0 Å². The molecule has 2 N–H and O–H groups in total. The van der Waals surface area contributed by atoms with Crippen molar-refractivity contribution in [3.8, 4) is 0 Å². The van der Waals surface area contributed by atoms with Crippen molar-refractivity contribution in [3.63, 3.8) is 0 Å². The van der Waals surface area contributed by atoms with Crippen LogP contribution >= 0.6 is 0 Å². The Morgan fingerprint density at radius 2 is 1.68 bits per heavy atom. The van der Waals surface area contributed by atoms with E-state index in [0.717, 1.165) is 11.3 Å². The molecule has 2 amide bonds. The fraction of sp³-hybridized carbons (Fsp3) is 0.227. The molecule has 0 radical (unpaired) electrons. The van der Waals surface area contributed by atoms with Crippen molar-refractivity contribution >= 4 is 23.2 Å². The zero-order chi connectivity index (χ0) is 20.1. The lowest BCUT2D eigenvalue weighted by Crippen LogP contribution is -2.18. The highest BCUT2D eigenvalue weighted by atomic mass is 16.2. The Morgan fingerprint density at radius 3 is 2.36 bits per heavy atom. The molecule has 0 aliphatic heterocycles. The second-order valence-corrected chi connectivity index (χ2v) is 6.97. The number of nitrogens with one attached hydrogen (secondary N) is 2. The minimum absolute atomic E-state index is 0.0686. The Kier molecular flexibility index (Phi) is 5.89. The Bertz CT molecular complexity index is 977. The zero-order valence-electron chi connectivity index (χ0n) is 16.3. The van der Waals surface area contributed by atoms with Crippen molar-refractivity contribution < 1.29 is 9.59 Å². The van der Waals surface area contributed by atoms with Crippen LogP contribution in [0.25, 0.3) is 0 Å². The number of hydrogen-bond donors (Lipinski definition) is 2. The van der Waals surface area contributed by atoms with Gasteiger partial charge in [-0.05, 0) is 23.8 Å². The van der Waals surface area contributed by atoms with Gasteiger partial charge in [0, 0.05) is 30.8 Å². The number of rotatable bonds is 6. The normalized spacial score (nSPS) is 10.7. The van der Waals surface area contributed by atoms with E-state index >= 15 is 0 Å². The third kappa shape index (κ3) is 4.65. The van der Waals surface area contributed by atoms with Crippen LogP contribution in [0.5, 0.6) is 0 Å². The van der Waals surface area contributed by atoms with Gasteiger partial charge in [0.2, 0.25) is 5.91 Å². The Morgan fingerprint density at radius 1 is 1.00 bits per heavy atom. The van der Waals surface area contributed by atoms with E-state index in [0.29, 0.717) is 23.4 Å². The van der Waals surface area contributed by atoms with Crippen molar-refractivity contribution in [1.82, 2.24) is 9.78 Å². The maximum atomic E-state index is 12.8. The molecule has 1 heterocycles. The third-order valence-electron chi connectivity index (χ3n) is 4.43. The molecule has 0 saturated heterocycles. The number of nitrogens with zero attached hydrogens (tertiary/aromatic N) is 2. The summed E-state index contributed by atoms with van der Waals surface area (Å²) < 4.78 is 1.72. The van der Waals surface area contributed by atoms with Crippen LogP contribution in [0.1, 0.15) is 35.5 Å². The summed E-state index contributed by atoms with van der Waals surface area (Å²) in [6.07, 6.45) is 2.20. The van der Waals surface area contributed by atoms with Crippen LogP contribution in [0, 0.1) is 5.92 Å². The zero-order valence-corrected chi connectivity index (χ0v) is 16.3. The van der Waals surface area contributed by atoms with E-state index in [9.17, 15) is 9.59 Å². The van der Waals surface area contributed by atoms with Gasteiger partial charge >= 0.3 is 0 Å². The lowest BCUT2D eigenvalue weighted by molar-refractivity contribution is -0.118. The number of anilines is 2. The highest BCUT2D eigenvalue weighted by Crippen LogP contribution is 2.19. The van der Waals surface area contributed by atoms with Crippen molar-refractivity contribution in [2.24, 2.45) is 13.0 Å². The molecule has 0 unspecified atom stereocenters. The smallest absolute Gasteiger partial charge is 0.259 e. The molecular weight excluding hydrogens is 352 g/mol. The summed E-state index contributed by atoms with van der Waals surface area (Å²) in [6.45, 7) is 3.66. The highest BCUT2D eigenvalue weighted by molar-refractivity contribution is 6.05. The van der Waals surface area contributed by atoms with Crippen LogP contribution in [0.2, 0.25) is 0 Å². The van der Waals surface area contributed by atoms with Gasteiger partial charge in [-0.3, -0.25) is 14.3 Å². The maximum Gasteiger partial charge on any atom is 0.259 e. The van der Waals surface area contributed by atoms with Crippen molar-refractivity contribution in [2.45, 2.75) is 20.3 Å². The highest BCUT2D eigenvalue weighted by Gasteiger charge is 2.17. The van der Waals surface area contributed by atoms with Crippen LogP contribution < -0.4 is 10.6 Å². The molecule has 0 spiro atoms. The lowest BCUT2D eigenvalue weighted by atomic mass is 10.1. The molecular formula is C22H24N4O2. The molecule has 144 valence electrons. The number of carbonyl (C=O) groups excluding carboxylic acids is 2. The predicted molar refractivity (Wildman–Crippen MR) is 110 cm³/mol. The molecule has 0 atom stereocenters. The van der Waals surface area contributed by atoms with Gasteiger partial charge in [-0.25, -0.2) is 0 Å². The van der Waals surface area contributed by atoms with Gasteiger partial charge in [-0.1, -0.05) is 50.2 Å². The van der Waals surface area contributed by atoms with Crippen LogP contribution in [-0.2, 0) is 18.3 Å². The lowest BCUT2D eigenvalue weighted by Gasteiger charge is -2.11. The minimum Gasteiger partial charge on any atom is -0.326 e. The minimum atomic E-state index is -0.230. The number of aromatic nitrogens is 2. The van der Waals surface area contributed by atoms with Crippen molar-refractivity contribution in [3.05, 3.63) is 77.6 Å². The molecule has 0 aliphatic carbocycles. The summed E-state index contributed by atoms with van der Waals surface area (Å²) >= 11 is 0. The monoisotopic (exact) mass is 376 g/mol. The fourth-order valence-corrected chi connectivity index (χ4v) is 2.81. The van der Waals surface area contributed by atoms with E-state index in [1.54, 1.807) is 35.1 Å². The SMILES string of the molecule is CC(C)C(=O)Nc1cccc(NC(=O)c2cnn(C)c2Cc2ccccc2)c1. The number of hydrogen-bond acceptors (Lipinski definition) is 3. The van der Waals surface area contributed by atoms with E-state index in [1.165, 1.54) is 0 Å². The first kappa shape index (κ1) is 19.4. The summed E-state index contributed by atoms with van der Waals surface area (Å²) in [4.78, 5) is 24.7. The van der Waals surface area contributed by atoms with E-state index in [2.05, 4.69) is 15.7 Å². The summed E-state index contributed by atoms with van der Waals surface area (Å²) in [6, 6.07) is 17.1. The van der Waals surface area contributed by atoms with E-state index < -0.39 is 0 Å². The second-order valence-electron chi connectivity index (χ2n) is 6.97. The molecule has 6 nitrogen and oxygen atoms in total. The largest absolute Gasteiger partial charge is 0.326 e. The van der Waals surface area contributed by atoms with Crippen LogP contribution in [0.15, 0.2) is 60.8 Å². The topological polar surface area (TPSA) is 76.0 Å². The quantitative estimate of drug-likeness (QED) is 0.686. The van der Waals surface area contributed by atoms with Crippen LogP contribution in [-0.4, -0.2) is 21.6 Å². The number of carbonyl (C=O) groups is 2. The van der Waals surface area contributed by atoms with Gasteiger partial charge in [0.1, 0.15) is 0 Å². The molecule has 3 rings (SSSR count).